The largest absolute Gasteiger partial charge is 0.444 e. The maximum atomic E-state index is 13.2. The second-order valence-corrected chi connectivity index (χ2v) is 11.4. The number of nitrogens with two attached hydrogens (primary N) is 1. The first-order valence-corrected chi connectivity index (χ1v) is 12.0. The number of aryl methyl sites for hydroxylation is 1. The smallest absolute Gasteiger partial charge is 0.410 e. The van der Waals surface area contributed by atoms with Gasteiger partial charge in [-0.15, -0.1) is 0 Å². The van der Waals surface area contributed by atoms with Crippen molar-refractivity contribution in [1.82, 2.24) is 31.0 Å². The molecule has 1 heterocycles. The summed E-state index contributed by atoms with van der Waals surface area (Å²) in [5.74, 6) is -0.477. The lowest BCUT2D eigenvalue weighted by atomic mass is 10.2. The van der Waals surface area contributed by atoms with Crippen molar-refractivity contribution >= 4 is 35.7 Å². The van der Waals surface area contributed by atoms with Gasteiger partial charge in [0.05, 0.1) is 6.20 Å². The number of hydrogen-bond donors (Lipinski definition) is 6. The van der Waals surface area contributed by atoms with Crippen LogP contribution >= 0.6 is 0 Å². The molecule has 15 nitrogen and oxygen atoms in total. The van der Waals surface area contributed by atoms with Crippen molar-refractivity contribution in [1.29, 1.82) is 0 Å². The molecule has 0 unspecified atom stereocenters. The number of rotatable bonds is 8. The minimum atomic E-state index is -1.36. The average molecular weight is 543 g/mol. The Bertz CT molecular complexity index is 959. The van der Waals surface area contributed by atoms with E-state index >= 15 is 0 Å². The van der Waals surface area contributed by atoms with E-state index < -0.39 is 53.3 Å². The van der Waals surface area contributed by atoms with Gasteiger partial charge in [0.25, 0.3) is 0 Å². The van der Waals surface area contributed by atoms with Crippen molar-refractivity contribution in [3.05, 3.63) is 6.20 Å². The fourth-order valence-electron chi connectivity index (χ4n) is 2.66. The zero-order chi connectivity index (χ0) is 29.5. The fraction of sp³-hybridized carbons (Fsp3) is 0.696. The van der Waals surface area contributed by atoms with E-state index in [1.807, 2.05) is 0 Å². The summed E-state index contributed by atoms with van der Waals surface area (Å²) in [6, 6.07) is -1.23. The molecule has 7 N–H and O–H groups in total. The van der Waals surface area contributed by atoms with Crippen LogP contribution in [-0.2, 0) is 26.1 Å². The van der Waals surface area contributed by atoms with Crippen LogP contribution in [0.25, 0.3) is 0 Å². The molecule has 0 fully saturated rings. The fourth-order valence-corrected chi connectivity index (χ4v) is 2.66. The van der Waals surface area contributed by atoms with Gasteiger partial charge in [0.2, 0.25) is 5.91 Å². The highest BCUT2D eigenvalue weighted by Gasteiger charge is 2.29. The van der Waals surface area contributed by atoms with Gasteiger partial charge in [-0.3, -0.25) is 25.4 Å². The number of nitrogens with zero attached hydrogens (tertiary/aromatic N) is 2. The maximum absolute atomic E-state index is 13.2. The predicted octanol–water partition coefficient (Wildman–Crippen LogP) is 1.76. The molecule has 0 saturated carbocycles. The molecule has 0 saturated heterocycles. The lowest BCUT2D eigenvalue weighted by Gasteiger charge is -2.29. The van der Waals surface area contributed by atoms with Gasteiger partial charge in [-0.25, -0.2) is 14.4 Å². The van der Waals surface area contributed by atoms with Crippen LogP contribution < -0.4 is 32.3 Å². The quantitative estimate of drug-likeness (QED) is 0.208. The van der Waals surface area contributed by atoms with Gasteiger partial charge in [-0.2, -0.15) is 5.10 Å². The van der Waals surface area contributed by atoms with Crippen LogP contribution in [0.4, 0.5) is 25.9 Å². The number of carbonyl (C=O) groups is 4. The van der Waals surface area contributed by atoms with Gasteiger partial charge in [0.15, 0.2) is 6.29 Å². The van der Waals surface area contributed by atoms with Gasteiger partial charge >= 0.3 is 18.3 Å². The van der Waals surface area contributed by atoms with Crippen molar-refractivity contribution in [3.63, 3.8) is 0 Å². The second-order valence-electron chi connectivity index (χ2n) is 11.4. The number of nitrogens with one attached hydrogen (secondary N) is 5. The van der Waals surface area contributed by atoms with Crippen LogP contribution in [0.5, 0.6) is 0 Å². The SMILES string of the molecule is Cn1ncc(NC(=O)[C@H](CNC(=O)OC(C)(C)C)NC(NC(=O)OC(C)(C)C)NC(=O)OC(C)(C)C)c1N. The summed E-state index contributed by atoms with van der Waals surface area (Å²) in [5, 5.41) is 16.7. The van der Waals surface area contributed by atoms with Crippen molar-refractivity contribution in [2.75, 3.05) is 17.6 Å². The molecule has 15 heteroatoms. The number of amides is 4. The number of carbonyl (C=O) groups excluding carboxylic acids is 4. The summed E-state index contributed by atoms with van der Waals surface area (Å²) in [4.78, 5) is 50.4. The Morgan fingerprint density at radius 3 is 1.71 bits per heavy atom. The van der Waals surface area contributed by atoms with Gasteiger partial charge in [0, 0.05) is 13.6 Å². The molecular formula is C23H42N8O7. The van der Waals surface area contributed by atoms with Crippen LogP contribution in [0.2, 0.25) is 0 Å². The summed E-state index contributed by atoms with van der Waals surface area (Å²) in [5.41, 5.74) is 3.68. The third-order valence-corrected chi connectivity index (χ3v) is 4.10. The van der Waals surface area contributed by atoms with Crippen molar-refractivity contribution in [3.8, 4) is 0 Å². The van der Waals surface area contributed by atoms with E-state index in [9.17, 15) is 19.2 Å². The van der Waals surface area contributed by atoms with Crippen LogP contribution in [0, 0.1) is 0 Å². The Hall–Kier alpha value is -3.75. The molecule has 4 amide bonds. The summed E-state index contributed by atoms with van der Waals surface area (Å²) >= 11 is 0. The highest BCUT2D eigenvalue weighted by molar-refractivity contribution is 5.97. The maximum Gasteiger partial charge on any atom is 0.410 e. The molecule has 0 spiro atoms. The second kappa shape index (κ2) is 12.7. The number of hydrogen-bond acceptors (Lipinski definition) is 10. The van der Waals surface area contributed by atoms with E-state index in [4.69, 9.17) is 19.9 Å². The van der Waals surface area contributed by atoms with Crippen molar-refractivity contribution in [2.45, 2.75) is 91.4 Å². The Morgan fingerprint density at radius 2 is 1.32 bits per heavy atom. The lowest BCUT2D eigenvalue weighted by molar-refractivity contribution is -0.118. The van der Waals surface area contributed by atoms with Crippen molar-refractivity contribution < 1.29 is 33.4 Å². The third-order valence-electron chi connectivity index (χ3n) is 4.10. The van der Waals surface area contributed by atoms with E-state index in [0.29, 0.717) is 0 Å². The van der Waals surface area contributed by atoms with Crippen LogP contribution in [-0.4, -0.2) is 69.6 Å². The zero-order valence-corrected chi connectivity index (χ0v) is 23.8. The molecule has 0 aromatic carbocycles. The van der Waals surface area contributed by atoms with E-state index in [1.165, 1.54) is 10.9 Å². The number of ether oxygens (including phenoxy) is 3. The summed E-state index contributed by atoms with van der Waals surface area (Å²) < 4.78 is 17.1. The van der Waals surface area contributed by atoms with E-state index in [-0.39, 0.29) is 18.1 Å². The lowest BCUT2D eigenvalue weighted by Crippen LogP contribution is -2.63. The topological polar surface area (TPSA) is 200 Å². The number of aromatic nitrogens is 2. The molecule has 0 aliphatic heterocycles. The molecule has 1 aromatic heterocycles. The minimum Gasteiger partial charge on any atom is -0.444 e. The molecule has 1 aromatic rings. The summed E-state index contributed by atoms with van der Waals surface area (Å²) in [6.07, 6.45) is -2.57. The average Bonchev–Trinajstić information content (AvgIpc) is 2.98. The molecule has 0 aliphatic rings. The molecular weight excluding hydrogens is 500 g/mol. The Balaban J connectivity index is 3.18. The van der Waals surface area contributed by atoms with Gasteiger partial charge in [0.1, 0.15) is 34.4 Å². The van der Waals surface area contributed by atoms with E-state index in [1.54, 1.807) is 69.4 Å². The molecule has 0 radical (unpaired) electrons. The molecule has 216 valence electrons. The standard InChI is InChI=1S/C23H42N8O7/c1-21(2,3)36-18(33)25-11-14(16(32)27-13-12-26-31(10)15(13)24)28-17(29-19(34)37-22(4,5)6)30-20(35)38-23(7,8)9/h12,14,17,28H,11,24H2,1-10H3,(H,25,33)(H,27,32)(H,29,34)(H,30,35)/t14-/m0/s1. The third kappa shape index (κ3) is 13.0. The Kier molecular flexibility index (Phi) is 10.8. The zero-order valence-electron chi connectivity index (χ0n) is 23.8. The first kappa shape index (κ1) is 32.3. The molecule has 0 aliphatic carbocycles. The van der Waals surface area contributed by atoms with Crippen molar-refractivity contribution in [2.24, 2.45) is 7.05 Å². The van der Waals surface area contributed by atoms with Gasteiger partial charge in [-0.05, 0) is 62.3 Å². The number of nitrogen functional groups attached to an aromatic ring is 1. The number of anilines is 2. The summed E-state index contributed by atoms with van der Waals surface area (Å²) in [6.45, 7) is 14.7. The molecule has 1 rings (SSSR count). The molecule has 38 heavy (non-hydrogen) atoms. The highest BCUT2D eigenvalue weighted by atomic mass is 16.6. The van der Waals surface area contributed by atoms with Crippen LogP contribution in [0.1, 0.15) is 62.3 Å². The predicted molar refractivity (Wildman–Crippen MR) is 140 cm³/mol. The Labute approximate surface area is 222 Å². The first-order valence-electron chi connectivity index (χ1n) is 12.0. The Morgan fingerprint density at radius 1 is 0.868 bits per heavy atom. The van der Waals surface area contributed by atoms with E-state index in [2.05, 4.69) is 31.7 Å². The van der Waals surface area contributed by atoms with Crippen LogP contribution in [0.3, 0.4) is 0 Å². The monoisotopic (exact) mass is 542 g/mol. The first-order chi connectivity index (χ1) is 17.1. The number of alkyl carbamates (subject to hydrolysis) is 3. The van der Waals surface area contributed by atoms with Crippen LogP contribution in [0.15, 0.2) is 6.20 Å². The normalized spacial score (nSPS) is 12.8. The molecule has 1 atom stereocenters. The van der Waals surface area contributed by atoms with E-state index in [0.717, 1.165) is 0 Å². The highest BCUT2D eigenvalue weighted by Crippen LogP contribution is 2.16. The molecule has 0 bridgehead atoms. The van der Waals surface area contributed by atoms with Gasteiger partial charge < -0.3 is 30.6 Å². The van der Waals surface area contributed by atoms with Gasteiger partial charge in [-0.1, -0.05) is 0 Å². The minimum absolute atomic E-state index is 0.188. The summed E-state index contributed by atoms with van der Waals surface area (Å²) in [7, 11) is 1.59.